The Balaban J connectivity index is 2.39. The Labute approximate surface area is 132 Å². The zero-order valence-corrected chi connectivity index (χ0v) is 13.6. The van der Waals surface area contributed by atoms with Crippen molar-refractivity contribution in [1.82, 2.24) is 4.90 Å². The smallest absolute Gasteiger partial charge is 0.408 e. The van der Waals surface area contributed by atoms with Crippen LogP contribution in [-0.2, 0) is 11.2 Å². The summed E-state index contributed by atoms with van der Waals surface area (Å²) in [6, 6.07) is 5.47. The standard InChI is InChI=1S/C13H13Br2NO4/c14-9-4-8(5-10(15)6-9)7-13(11(17)18)2-1-3-16(13)12(19)20/h4-6H,1-3,7H2,(H,17,18)(H,19,20). The maximum Gasteiger partial charge on any atom is 0.408 e. The summed E-state index contributed by atoms with van der Waals surface area (Å²) in [6.07, 6.45) is -0.127. The number of benzene rings is 1. The first kappa shape index (κ1) is 15.3. The number of carboxylic acid groups (broad SMARTS) is 2. The summed E-state index contributed by atoms with van der Waals surface area (Å²) in [6.45, 7) is 0.261. The Morgan fingerprint density at radius 1 is 1.20 bits per heavy atom. The predicted molar refractivity (Wildman–Crippen MR) is 79.9 cm³/mol. The first-order chi connectivity index (χ1) is 9.35. The van der Waals surface area contributed by atoms with Crippen molar-refractivity contribution in [3.63, 3.8) is 0 Å². The van der Waals surface area contributed by atoms with Gasteiger partial charge in [-0.25, -0.2) is 9.59 Å². The van der Waals surface area contributed by atoms with Gasteiger partial charge in [-0.15, -0.1) is 0 Å². The van der Waals surface area contributed by atoms with Crippen molar-refractivity contribution in [2.24, 2.45) is 0 Å². The lowest BCUT2D eigenvalue weighted by molar-refractivity contribution is -0.148. The molecule has 1 saturated heterocycles. The van der Waals surface area contributed by atoms with Crippen LogP contribution in [0, 0.1) is 0 Å². The molecule has 1 fully saturated rings. The average Bonchev–Trinajstić information content (AvgIpc) is 2.72. The quantitative estimate of drug-likeness (QED) is 0.806. The van der Waals surface area contributed by atoms with Gasteiger partial charge in [0.2, 0.25) is 0 Å². The van der Waals surface area contributed by atoms with E-state index in [1.165, 1.54) is 0 Å². The monoisotopic (exact) mass is 405 g/mol. The van der Waals surface area contributed by atoms with Crippen molar-refractivity contribution in [1.29, 1.82) is 0 Å². The molecule has 1 aromatic carbocycles. The molecule has 0 bridgehead atoms. The van der Waals surface area contributed by atoms with Gasteiger partial charge in [-0.2, -0.15) is 0 Å². The second-order valence-electron chi connectivity index (χ2n) is 4.83. The number of rotatable bonds is 3. The molecule has 1 amide bonds. The minimum Gasteiger partial charge on any atom is -0.479 e. The Bertz CT molecular complexity index is 543. The van der Waals surface area contributed by atoms with Crippen molar-refractivity contribution in [3.05, 3.63) is 32.7 Å². The van der Waals surface area contributed by atoms with E-state index in [1.807, 2.05) is 18.2 Å². The molecule has 0 aliphatic carbocycles. The van der Waals surface area contributed by atoms with E-state index < -0.39 is 17.6 Å². The number of aliphatic carboxylic acids is 1. The molecule has 2 rings (SSSR count). The number of nitrogens with zero attached hydrogens (tertiary/aromatic N) is 1. The van der Waals surface area contributed by atoms with Crippen molar-refractivity contribution in [3.8, 4) is 0 Å². The molecule has 0 aromatic heterocycles. The number of amides is 1. The van der Waals surface area contributed by atoms with Gasteiger partial charge < -0.3 is 10.2 Å². The molecule has 7 heteroatoms. The first-order valence-electron chi connectivity index (χ1n) is 6.04. The molecule has 5 nitrogen and oxygen atoms in total. The Morgan fingerprint density at radius 3 is 2.30 bits per heavy atom. The molecule has 1 atom stereocenters. The predicted octanol–water partition coefficient (Wildman–Crippen LogP) is 3.35. The fourth-order valence-electron chi connectivity index (χ4n) is 2.69. The summed E-state index contributed by atoms with van der Waals surface area (Å²) in [5, 5.41) is 18.8. The normalized spacial score (nSPS) is 22.0. The van der Waals surface area contributed by atoms with Crippen LogP contribution in [0.1, 0.15) is 18.4 Å². The molecular weight excluding hydrogens is 394 g/mol. The molecule has 0 saturated carbocycles. The van der Waals surface area contributed by atoms with Crippen LogP contribution in [0.25, 0.3) is 0 Å². The molecule has 0 radical (unpaired) electrons. The van der Waals surface area contributed by atoms with Crippen LogP contribution < -0.4 is 0 Å². The van der Waals surface area contributed by atoms with E-state index in [4.69, 9.17) is 0 Å². The molecule has 2 N–H and O–H groups in total. The highest BCUT2D eigenvalue weighted by molar-refractivity contribution is 9.11. The van der Waals surface area contributed by atoms with Crippen LogP contribution in [0.3, 0.4) is 0 Å². The summed E-state index contributed by atoms with van der Waals surface area (Å²) >= 11 is 6.71. The summed E-state index contributed by atoms with van der Waals surface area (Å²) in [4.78, 5) is 24.0. The Kier molecular flexibility index (Phi) is 4.39. The molecule has 1 unspecified atom stereocenters. The Hall–Kier alpha value is -1.08. The maximum atomic E-state index is 11.7. The van der Waals surface area contributed by atoms with Crippen LogP contribution in [0.5, 0.6) is 0 Å². The molecule has 20 heavy (non-hydrogen) atoms. The van der Waals surface area contributed by atoms with Crippen molar-refractivity contribution in [2.75, 3.05) is 6.54 Å². The van der Waals surface area contributed by atoms with E-state index in [1.54, 1.807) is 0 Å². The summed E-state index contributed by atoms with van der Waals surface area (Å²) < 4.78 is 1.64. The van der Waals surface area contributed by atoms with Gasteiger partial charge in [0.05, 0.1) is 0 Å². The third-order valence-electron chi connectivity index (χ3n) is 3.54. The van der Waals surface area contributed by atoms with Crippen LogP contribution in [0.15, 0.2) is 27.1 Å². The van der Waals surface area contributed by atoms with E-state index in [2.05, 4.69) is 31.9 Å². The third-order valence-corrected chi connectivity index (χ3v) is 4.45. The van der Waals surface area contributed by atoms with Crippen molar-refractivity contribution in [2.45, 2.75) is 24.8 Å². The second-order valence-corrected chi connectivity index (χ2v) is 6.66. The number of hydrogen-bond donors (Lipinski definition) is 2. The van der Waals surface area contributed by atoms with E-state index in [0.717, 1.165) is 19.4 Å². The SMILES string of the molecule is O=C(O)N1CCCC1(Cc1cc(Br)cc(Br)c1)C(=O)O. The van der Waals surface area contributed by atoms with Gasteiger partial charge in [-0.3, -0.25) is 4.90 Å². The highest BCUT2D eigenvalue weighted by Crippen LogP contribution is 2.34. The lowest BCUT2D eigenvalue weighted by Gasteiger charge is -2.32. The van der Waals surface area contributed by atoms with Gasteiger partial charge in [-0.05, 0) is 36.6 Å². The summed E-state index contributed by atoms with van der Waals surface area (Å²) in [7, 11) is 0. The van der Waals surface area contributed by atoms with E-state index in [9.17, 15) is 19.8 Å². The van der Waals surface area contributed by atoms with E-state index in [0.29, 0.717) is 12.8 Å². The molecule has 1 aliphatic heterocycles. The Morgan fingerprint density at radius 2 is 1.80 bits per heavy atom. The van der Waals surface area contributed by atoms with Gasteiger partial charge in [0.15, 0.2) is 0 Å². The number of hydrogen-bond acceptors (Lipinski definition) is 2. The molecule has 0 spiro atoms. The highest BCUT2D eigenvalue weighted by atomic mass is 79.9. The number of carboxylic acids is 1. The van der Waals surface area contributed by atoms with Gasteiger partial charge in [-0.1, -0.05) is 31.9 Å². The number of carbonyl (C=O) groups is 2. The largest absolute Gasteiger partial charge is 0.479 e. The lowest BCUT2D eigenvalue weighted by Crippen LogP contribution is -2.54. The maximum absolute atomic E-state index is 11.7. The van der Waals surface area contributed by atoms with Gasteiger partial charge in [0.25, 0.3) is 0 Å². The second kappa shape index (κ2) is 5.73. The summed E-state index contributed by atoms with van der Waals surface area (Å²) in [5.74, 6) is -1.09. The summed E-state index contributed by atoms with van der Waals surface area (Å²) in [5.41, 5.74) is -0.590. The zero-order valence-electron chi connectivity index (χ0n) is 10.5. The third kappa shape index (κ3) is 2.83. The zero-order chi connectivity index (χ0) is 14.9. The number of halogens is 2. The van der Waals surface area contributed by atoms with Gasteiger partial charge in [0, 0.05) is 21.9 Å². The van der Waals surface area contributed by atoms with Crippen LogP contribution in [0.4, 0.5) is 4.79 Å². The van der Waals surface area contributed by atoms with Crippen LogP contribution in [-0.4, -0.2) is 39.3 Å². The molecule has 1 aliphatic rings. The highest BCUT2D eigenvalue weighted by Gasteiger charge is 2.50. The molecule has 1 aromatic rings. The average molecular weight is 407 g/mol. The minimum atomic E-state index is -1.37. The van der Waals surface area contributed by atoms with E-state index in [-0.39, 0.29) is 13.0 Å². The van der Waals surface area contributed by atoms with Crippen LogP contribution in [0.2, 0.25) is 0 Å². The molecular formula is C13H13Br2NO4. The topological polar surface area (TPSA) is 77.8 Å². The van der Waals surface area contributed by atoms with Crippen molar-refractivity contribution >= 4 is 43.9 Å². The van der Waals surface area contributed by atoms with Gasteiger partial charge in [0.1, 0.15) is 5.54 Å². The fraction of sp³-hybridized carbons (Fsp3) is 0.385. The lowest BCUT2D eigenvalue weighted by atomic mass is 9.88. The van der Waals surface area contributed by atoms with E-state index >= 15 is 0 Å². The van der Waals surface area contributed by atoms with Crippen LogP contribution >= 0.6 is 31.9 Å². The fourth-order valence-corrected chi connectivity index (χ4v) is 4.08. The van der Waals surface area contributed by atoms with Crippen molar-refractivity contribution < 1.29 is 19.8 Å². The first-order valence-corrected chi connectivity index (χ1v) is 7.63. The number of likely N-dealkylation sites (tertiary alicyclic amines) is 1. The molecule has 108 valence electrons. The molecule has 1 heterocycles. The van der Waals surface area contributed by atoms with Gasteiger partial charge >= 0.3 is 12.1 Å². The minimum absolute atomic E-state index is 0.159.